The van der Waals surface area contributed by atoms with Crippen LogP contribution in [0.25, 0.3) is 0 Å². The second-order valence-corrected chi connectivity index (χ2v) is 16.3. The number of hydrogen-bond donors (Lipinski definition) is 0. The summed E-state index contributed by atoms with van der Waals surface area (Å²) < 4.78 is 13.2. The van der Waals surface area contributed by atoms with Crippen molar-refractivity contribution in [2.75, 3.05) is 33.7 Å². The zero-order valence-corrected chi connectivity index (χ0v) is 31.4. The number of piperidine rings is 1. The fourth-order valence-electron chi connectivity index (χ4n) is 8.14. The lowest BCUT2D eigenvalue weighted by molar-refractivity contribution is -0.247. The number of nitrogens with zero attached hydrogens (tertiary/aromatic N) is 3. The molecule has 7 atom stereocenters. The minimum Gasteiger partial charge on any atom is -0.350 e. The highest BCUT2D eigenvalue weighted by Gasteiger charge is 2.46. The highest BCUT2D eigenvalue weighted by molar-refractivity contribution is 6.06. The van der Waals surface area contributed by atoms with Crippen molar-refractivity contribution in [1.29, 1.82) is 0 Å². The normalized spacial score (nSPS) is 25.2. The Balaban J connectivity index is 2.30. The quantitative estimate of drug-likeness (QED) is 0.181. The van der Waals surface area contributed by atoms with Gasteiger partial charge in [-0.25, -0.2) is 0 Å². The van der Waals surface area contributed by atoms with Crippen molar-refractivity contribution >= 4 is 17.5 Å². The molecule has 262 valence electrons. The van der Waals surface area contributed by atoms with Gasteiger partial charge in [0.25, 0.3) is 0 Å². The molecule has 0 aromatic rings. The number of hydrogen-bond acceptors (Lipinski definition) is 7. The standard InChI is InChI=1S/C37H69N3O5/c1-15-32(30-16-18-39(19-17-30)24(2)3)40(29(8)42)23-25(4)22-36(9,10)35(27(6)34(43)37(11,12)28(7)41)45-33-21-31(38(13)14)20-26(5)44-33/h24-27,30-33,35H,15-23H2,1-14H3/t25-,26-,27+,31+,32+,33+,35-/m1/s1. The average molecular weight is 636 g/mol. The number of Topliss-reactive ketones (excluding diaryl/α,β-unsaturated/α-hetero) is 2. The molecule has 0 aromatic carbocycles. The molecule has 2 aliphatic heterocycles. The van der Waals surface area contributed by atoms with Crippen LogP contribution in [-0.4, -0.2) is 103 Å². The number of rotatable bonds is 16. The smallest absolute Gasteiger partial charge is 0.219 e. The summed E-state index contributed by atoms with van der Waals surface area (Å²) in [5, 5.41) is 0. The van der Waals surface area contributed by atoms with Crippen LogP contribution in [-0.2, 0) is 23.9 Å². The molecule has 8 heteroatoms. The first kappa shape index (κ1) is 39.8. The molecule has 0 spiro atoms. The summed E-state index contributed by atoms with van der Waals surface area (Å²) in [6.07, 6.45) is 4.75. The Morgan fingerprint density at radius 3 is 2.02 bits per heavy atom. The number of ketones is 2. The van der Waals surface area contributed by atoms with Crippen LogP contribution in [0.5, 0.6) is 0 Å². The molecular weight excluding hydrogens is 566 g/mol. The monoisotopic (exact) mass is 636 g/mol. The van der Waals surface area contributed by atoms with E-state index in [-0.39, 0.29) is 35.5 Å². The Kier molecular flexibility index (Phi) is 14.7. The maximum atomic E-state index is 13.9. The third-order valence-electron chi connectivity index (χ3n) is 11.1. The van der Waals surface area contributed by atoms with Crippen molar-refractivity contribution in [2.45, 2.75) is 158 Å². The largest absolute Gasteiger partial charge is 0.350 e. The van der Waals surface area contributed by atoms with Crippen molar-refractivity contribution < 1.29 is 23.9 Å². The predicted octanol–water partition coefficient (Wildman–Crippen LogP) is 6.45. The first-order valence-corrected chi connectivity index (χ1v) is 17.8. The van der Waals surface area contributed by atoms with Gasteiger partial charge in [0.1, 0.15) is 5.78 Å². The van der Waals surface area contributed by atoms with Crippen molar-refractivity contribution in [2.24, 2.45) is 28.6 Å². The van der Waals surface area contributed by atoms with Gasteiger partial charge < -0.3 is 24.2 Å². The summed E-state index contributed by atoms with van der Waals surface area (Å²) in [7, 11) is 4.17. The number of carbonyl (C=O) groups excluding carboxylic acids is 3. The summed E-state index contributed by atoms with van der Waals surface area (Å²) in [5.41, 5.74) is -1.52. The van der Waals surface area contributed by atoms with Crippen LogP contribution >= 0.6 is 0 Å². The molecule has 8 nitrogen and oxygen atoms in total. The second-order valence-electron chi connectivity index (χ2n) is 16.3. The van der Waals surface area contributed by atoms with E-state index >= 15 is 0 Å². The molecule has 0 N–H and O–H groups in total. The molecule has 2 rings (SSSR count). The van der Waals surface area contributed by atoms with Gasteiger partial charge in [0, 0.05) is 43.9 Å². The van der Waals surface area contributed by atoms with Crippen LogP contribution in [0.4, 0.5) is 0 Å². The topological polar surface area (TPSA) is 79.4 Å². The fraction of sp³-hybridized carbons (Fsp3) is 0.919. The van der Waals surface area contributed by atoms with Crippen molar-refractivity contribution in [3.05, 3.63) is 0 Å². The van der Waals surface area contributed by atoms with E-state index in [0.29, 0.717) is 24.5 Å². The molecule has 2 aliphatic rings. The van der Waals surface area contributed by atoms with Gasteiger partial charge in [-0.3, -0.25) is 14.4 Å². The van der Waals surface area contributed by atoms with Gasteiger partial charge in [-0.2, -0.15) is 0 Å². The predicted molar refractivity (Wildman–Crippen MR) is 183 cm³/mol. The lowest BCUT2D eigenvalue weighted by atomic mass is 9.69. The highest BCUT2D eigenvalue weighted by atomic mass is 16.7. The molecule has 2 saturated heterocycles. The van der Waals surface area contributed by atoms with Gasteiger partial charge in [-0.05, 0) is 118 Å². The molecule has 45 heavy (non-hydrogen) atoms. The Labute approximate surface area is 276 Å². The minimum atomic E-state index is -1.10. The van der Waals surface area contributed by atoms with Gasteiger partial charge in [0.05, 0.1) is 17.6 Å². The molecule has 0 radical (unpaired) electrons. The number of ether oxygens (including phenoxy) is 2. The van der Waals surface area contributed by atoms with Gasteiger partial charge in [-0.15, -0.1) is 0 Å². The lowest BCUT2D eigenvalue weighted by Gasteiger charge is -2.46. The third kappa shape index (κ3) is 10.6. The van der Waals surface area contributed by atoms with Gasteiger partial charge >= 0.3 is 0 Å². The Hall–Kier alpha value is -1.35. The SMILES string of the molecule is CC[C@@H](C1CCN(C(C)C)CC1)N(C[C@H](C)CC(C)(C)[C@H](O[C@H]1C[C@@H](N(C)C)C[C@@H](C)O1)[C@@H](C)C(=O)C(C)(C)C(C)=O)C(C)=O. The lowest BCUT2D eigenvalue weighted by Crippen LogP contribution is -2.52. The minimum absolute atomic E-state index is 0.0426. The van der Waals surface area contributed by atoms with Crippen LogP contribution in [0.1, 0.15) is 122 Å². The molecule has 0 aromatic heterocycles. The summed E-state index contributed by atoms with van der Waals surface area (Å²) in [6, 6.07) is 1.11. The van der Waals surface area contributed by atoms with E-state index in [9.17, 15) is 14.4 Å². The zero-order chi connectivity index (χ0) is 34.4. The molecule has 0 unspecified atom stereocenters. The number of carbonyl (C=O) groups is 3. The number of amides is 1. The Bertz CT molecular complexity index is 971. The van der Waals surface area contributed by atoms with Gasteiger partial charge in [-0.1, -0.05) is 34.6 Å². The van der Waals surface area contributed by atoms with Crippen LogP contribution in [0.2, 0.25) is 0 Å². The summed E-state index contributed by atoms with van der Waals surface area (Å²) in [4.78, 5) is 46.5. The van der Waals surface area contributed by atoms with E-state index in [1.54, 1.807) is 20.8 Å². The first-order valence-electron chi connectivity index (χ1n) is 17.8. The van der Waals surface area contributed by atoms with E-state index in [4.69, 9.17) is 9.47 Å². The summed E-state index contributed by atoms with van der Waals surface area (Å²) in [5.74, 6) is 0.0783. The molecule has 0 saturated carbocycles. The third-order valence-corrected chi connectivity index (χ3v) is 11.1. The van der Waals surface area contributed by atoms with E-state index in [0.717, 1.165) is 51.6 Å². The molecule has 1 amide bonds. The summed E-state index contributed by atoms with van der Waals surface area (Å²) >= 11 is 0. The van der Waals surface area contributed by atoms with Crippen molar-refractivity contribution in [3.8, 4) is 0 Å². The second kappa shape index (κ2) is 16.7. The molecule has 2 fully saturated rings. The van der Waals surface area contributed by atoms with E-state index in [2.05, 4.69) is 77.3 Å². The average Bonchev–Trinajstić information content (AvgIpc) is 2.94. The maximum Gasteiger partial charge on any atom is 0.219 e. The molecule has 2 heterocycles. The number of likely N-dealkylation sites (tertiary alicyclic amines) is 1. The molecule has 0 aliphatic carbocycles. The Morgan fingerprint density at radius 1 is 0.978 bits per heavy atom. The van der Waals surface area contributed by atoms with Crippen molar-refractivity contribution in [3.63, 3.8) is 0 Å². The highest BCUT2D eigenvalue weighted by Crippen LogP contribution is 2.41. The van der Waals surface area contributed by atoms with Gasteiger partial charge in [0.2, 0.25) is 5.91 Å². The Morgan fingerprint density at radius 2 is 1.56 bits per heavy atom. The van der Waals surface area contributed by atoms with E-state index in [1.165, 1.54) is 6.92 Å². The van der Waals surface area contributed by atoms with E-state index in [1.807, 2.05) is 6.92 Å². The van der Waals surface area contributed by atoms with Crippen LogP contribution in [0, 0.1) is 28.6 Å². The first-order chi connectivity index (χ1) is 20.7. The maximum absolute atomic E-state index is 13.9. The van der Waals surface area contributed by atoms with Crippen LogP contribution < -0.4 is 0 Å². The van der Waals surface area contributed by atoms with Gasteiger partial charge in [0.15, 0.2) is 12.1 Å². The zero-order valence-electron chi connectivity index (χ0n) is 31.4. The van der Waals surface area contributed by atoms with Crippen molar-refractivity contribution in [1.82, 2.24) is 14.7 Å². The van der Waals surface area contributed by atoms with E-state index < -0.39 is 29.1 Å². The van der Waals surface area contributed by atoms with Crippen LogP contribution in [0.3, 0.4) is 0 Å². The molecular formula is C37H69N3O5. The summed E-state index contributed by atoms with van der Waals surface area (Å²) in [6.45, 7) is 26.8. The fourth-order valence-corrected chi connectivity index (χ4v) is 8.14. The van der Waals surface area contributed by atoms with Crippen LogP contribution in [0.15, 0.2) is 0 Å². The molecule has 0 bridgehead atoms.